The predicted octanol–water partition coefficient (Wildman–Crippen LogP) is 1.89. The summed E-state index contributed by atoms with van der Waals surface area (Å²) in [5.41, 5.74) is 3.07. The molecule has 1 rings (SSSR count). The van der Waals surface area contributed by atoms with Crippen molar-refractivity contribution in [1.29, 1.82) is 0 Å². The number of carbonyl (C=O) groups excluding carboxylic acids is 1. The Morgan fingerprint density at radius 3 is 2.61 bits per heavy atom. The summed E-state index contributed by atoms with van der Waals surface area (Å²) in [6.45, 7) is 8.92. The molecule has 0 radical (unpaired) electrons. The first-order chi connectivity index (χ1) is 8.51. The molecule has 18 heavy (non-hydrogen) atoms. The van der Waals surface area contributed by atoms with E-state index in [-0.39, 0.29) is 5.78 Å². The Labute approximate surface area is 110 Å². The first-order valence-corrected chi connectivity index (χ1v) is 6.38. The van der Waals surface area contributed by atoms with Gasteiger partial charge in [0.15, 0.2) is 5.78 Å². The number of aryl methyl sites for hydroxylation is 1. The molecule has 0 amide bonds. The molecule has 4 heteroatoms. The second-order valence-electron chi connectivity index (χ2n) is 4.68. The second kappa shape index (κ2) is 6.71. The van der Waals surface area contributed by atoms with Gasteiger partial charge < -0.3 is 9.30 Å². The van der Waals surface area contributed by atoms with E-state index in [2.05, 4.69) is 11.5 Å². The lowest BCUT2D eigenvalue weighted by molar-refractivity contribution is 0.0922. The van der Waals surface area contributed by atoms with Crippen LogP contribution in [0, 0.1) is 13.8 Å². The van der Waals surface area contributed by atoms with E-state index in [9.17, 15) is 4.79 Å². The second-order valence-corrected chi connectivity index (χ2v) is 4.68. The minimum Gasteiger partial charge on any atom is -0.383 e. The summed E-state index contributed by atoms with van der Waals surface area (Å²) in [6.07, 6.45) is 0. The van der Waals surface area contributed by atoms with E-state index in [1.165, 1.54) is 0 Å². The highest BCUT2D eigenvalue weighted by Crippen LogP contribution is 2.15. The minimum absolute atomic E-state index is 0.182. The third-order valence-electron chi connectivity index (χ3n) is 3.28. The van der Waals surface area contributed by atoms with Crippen LogP contribution < -0.4 is 0 Å². The van der Waals surface area contributed by atoms with Crippen LogP contribution in [0.1, 0.15) is 28.7 Å². The van der Waals surface area contributed by atoms with Crippen molar-refractivity contribution in [3.63, 3.8) is 0 Å². The van der Waals surface area contributed by atoms with Crippen LogP contribution in [-0.2, 0) is 11.3 Å². The van der Waals surface area contributed by atoms with Crippen molar-refractivity contribution < 1.29 is 9.53 Å². The summed E-state index contributed by atoms with van der Waals surface area (Å²) >= 11 is 0. The number of ether oxygens (including phenoxy) is 1. The molecular formula is C14H24N2O2. The summed E-state index contributed by atoms with van der Waals surface area (Å²) in [4.78, 5) is 14.2. The van der Waals surface area contributed by atoms with Gasteiger partial charge in [0, 0.05) is 37.2 Å². The molecule has 102 valence electrons. The van der Waals surface area contributed by atoms with Gasteiger partial charge in [-0.25, -0.2) is 0 Å². The molecule has 0 aromatic carbocycles. The van der Waals surface area contributed by atoms with Crippen molar-refractivity contribution in [2.24, 2.45) is 0 Å². The number of ketones is 1. The number of hydrogen-bond donors (Lipinski definition) is 0. The number of aromatic nitrogens is 1. The minimum atomic E-state index is 0.182. The Balaban J connectivity index is 2.73. The van der Waals surface area contributed by atoms with Crippen LogP contribution in [-0.4, -0.2) is 49.1 Å². The van der Waals surface area contributed by atoms with Gasteiger partial charge in [0.2, 0.25) is 0 Å². The highest BCUT2D eigenvalue weighted by molar-refractivity contribution is 5.99. The zero-order chi connectivity index (χ0) is 13.7. The molecule has 0 fully saturated rings. The van der Waals surface area contributed by atoms with Gasteiger partial charge in [0.1, 0.15) is 0 Å². The lowest BCUT2D eigenvalue weighted by Gasteiger charge is -2.15. The van der Waals surface area contributed by atoms with Gasteiger partial charge in [-0.1, -0.05) is 0 Å². The summed E-state index contributed by atoms with van der Waals surface area (Å²) in [6, 6.07) is 1.99. The average Bonchev–Trinajstić information content (AvgIpc) is 2.61. The normalized spacial score (nSPS) is 11.2. The molecule has 1 aromatic heterocycles. The smallest absolute Gasteiger partial charge is 0.178 e. The van der Waals surface area contributed by atoms with Crippen LogP contribution in [0.25, 0.3) is 0 Å². The maximum Gasteiger partial charge on any atom is 0.178 e. The molecule has 1 aromatic rings. The molecule has 0 saturated heterocycles. The zero-order valence-corrected chi connectivity index (χ0v) is 12.1. The third kappa shape index (κ3) is 3.43. The first kappa shape index (κ1) is 14.9. The van der Waals surface area contributed by atoms with Crippen molar-refractivity contribution in [3.05, 3.63) is 23.0 Å². The number of rotatable bonds is 7. The van der Waals surface area contributed by atoms with Crippen LogP contribution in [0.4, 0.5) is 0 Å². The number of Topliss-reactive ketones (excluding diaryl/α,β-unsaturated/α-hetero) is 1. The van der Waals surface area contributed by atoms with E-state index in [1.54, 1.807) is 7.11 Å². The first-order valence-electron chi connectivity index (χ1n) is 6.38. The molecule has 1 heterocycles. The Morgan fingerprint density at radius 2 is 2.11 bits per heavy atom. The van der Waals surface area contributed by atoms with E-state index in [0.29, 0.717) is 13.2 Å². The standard InChI is InChI=1S/C14H24N2O2/c1-6-16-11(2)9-13(12(16)3)14(17)10-15(4)7-8-18-5/h9H,6-8,10H2,1-5H3. The maximum absolute atomic E-state index is 12.2. The topological polar surface area (TPSA) is 34.5 Å². The van der Waals surface area contributed by atoms with E-state index in [4.69, 9.17) is 4.74 Å². The molecular weight excluding hydrogens is 228 g/mol. The van der Waals surface area contributed by atoms with Crippen LogP contribution >= 0.6 is 0 Å². The van der Waals surface area contributed by atoms with Gasteiger partial charge in [0.05, 0.1) is 13.2 Å². The molecule has 0 aliphatic rings. The van der Waals surface area contributed by atoms with Gasteiger partial charge >= 0.3 is 0 Å². The Bertz CT molecular complexity index is 410. The molecule has 0 N–H and O–H groups in total. The zero-order valence-electron chi connectivity index (χ0n) is 12.1. The van der Waals surface area contributed by atoms with Crippen molar-refractivity contribution >= 4 is 5.78 Å². The number of hydrogen-bond acceptors (Lipinski definition) is 3. The monoisotopic (exact) mass is 252 g/mol. The third-order valence-corrected chi connectivity index (χ3v) is 3.28. The molecule has 4 nitrogen and oxygen atoms in total. The highest BCUT2D eigenvalue weighted by Gasteiger charge is 2.16. The number of carbonyl (C=O) groups is 1. The van der Waals surface area contributed by atoms with Gasteiger partial charge in [-0.3, -0.25) is 9.69 Å². The quantitative estimate of drug-likeness (QED) is 0.695. The molecule has 0 atom stereocenters. The van der Waals surface area contributed by atoms with Crippen LogP contribution in [0.5, 0.6) is 0 Å². The van der Waals surface area contributed by atoms with E-state index in [0.717, 1.165) is 30.0 Å². The highest BCUT2D eigenvalue weighted by atomic mass is 16.5. The Hall–Kier alpha value is -1.13. The molecule has 0 aliphatic carbocycles. The van der Waals surface area contributed by atoms with E-state index >= 15 is 0 Å². The van der Waals surface area contributed by atoms with Crippen LogP contribution in [0.15, 0.2) is 6.07 Å². The summed E-state index contributed by atoms with van der Waals surface area (Å²) in [5, 5.41) is 0. The SMILES string of the molecule is CCn1c(C)cc(C(=O)CN(C)CCOC)c1C. The lowest BCUT2D eigenvalue weighted by atomic mass is 10.1. The molecule has 0 spiro atoms. The van der Waals surface area contributed by atoms with Gasteiger partial charge in [0.25, 0.3) is 0 Å². The molecule has 0 aliphatic heterocycles. The van der Waals surface area contributed by atoms with Gasteiger partial charge in [-0.05, 0) is 33.9 Å². The fraction of sp³-hybridized carbons (Fsp3) is 0.643. The lowest BCUT2D eigenvalue weighted by Crippen LogP contribution is -2.29. The van der Waals surface area contributed by atoms with E-state index < -0.39 is 0 Å². The van der Waals surface area contributed by atoms with Crippen LogP contribution in [0.3, 0.4) is 0 Å². The van der Waals surface area contributed by atoms with Crippen molar-refractivity contribution in [1.82, 2.24) is 9.47 Å². The van der Waals surface area contributed by atoms with Crippen molar-refractivity contribution in [2.45, 2.75) is 27.3 Å². The number of likely N-dealkylation sites (N-methyl/N-ethyl adjacent to an activating group) is 1. The van der Waals surface area contributed by atoms with E-state index in [1.807, 2.05) is 31.9 Å². The summed E-state index contributed by atoms with van der Waals surface area (Å²) < 4.78 is 7.18. The maximum atomic E-state index is 12.2. The van der Waals surface area contributed by atoms with Crippen molar-refractivity contribution in [3.8, 4) is 0 Å². The van der Waals surface area contributed by atoms with Crippen molar-refractivity contribution in [2.75, 3.05) is 33.9 Å². The average molecular weight is 252 g/mol. The molecule has 0 saturated carbocycles. The predicted molar refractivity (Wildman–Crippen MR) is 73.3 cm³/mol. The largest absolute Gasteiger partial charge is 0.383 e. The Kier molecular flexibility index (Phi) is 5.56. The van der Waals surface area contributed by atoms with Gasteiger partial charge in [-0.15, -0.1) is 0 Å². The fourth-order valence-electron chi connectivity index (χ4n) is 2.23. The Morgan fingerprint density at radius 1 is 1.44 bits per heavy atom. The number of nitrogens with zero attached hydrogens (tertiary/aromatic N) is 2. The van der Waals surface area contributed by atoms with Crippen LogP contribution in [0.2, 0.25) is 0 Å². The van der Waals surface area contributed by atoms with Gasteiger partial charge in [-0.2, -0.15) is 0 Å². The summed E-state index contributed by atoms with van der Waals surface area (Å²) in [5.74, 6) is 0.182. The summed E-state index contributed by atoms with van der Waals surface area (Å²) in [7, 11) is 3.61. The molecule has 0 bridgehead atoms. The fourth-order valence-corrected chi connectivity index (χ4v) is 2.23. The number of methoxy groups -OCH3 is 1. The molecule has 0 unspecified atom stereocenters.